The van der Waals surface area contributed by atoms with E-state index in [-0.39, 0.29) is 44.0 Å². The maximum Gasteiger partial charge on any atom is 0.306 e. The average molecular weight is 1010 g/mol. The maximum absolute atomic E-state index is 12.9. The van der Waals surface area contributed by atoms with Crippen LogP contribution in [0.15, 0.2) is 109 Å². The predicted octanol–water partition coefficient (Wildman–Crippen LogP) is 20.7. The van der Waals surface area contributed by atoms with E-state index in [4.69, 9.17) is 14.2 Å². The first-order valence-corrected chi connectivity index (χ1v) is 30.4. The van der Waals surface area contributed by atoms with Crippen molar-refractivity contribution in [3.63, 3.8) is 0 Å². The van der Waals surface area contributed by atoms with Gasteiger partial charge in [0.05, 0.1) is 0 Å². The summed E-state index contributed by atoms with van der Waals surface area (Å²) in [7, 11) is 0. The van der Waals surface area contributed by atoms with Gasteiger partial charge in [0.25, 0.3) is 0 Å². The molecule has 0 aromatic rings. The molecule has 0 amide bonds. The second-order valence-corrected chi connectivity index (χ2v) is 19.9. The topological polar surface area (TPSA) is 78.9 Å². The molecule has 0 aliphatic rings. The number of carbonyl (C=O) groups is 3. The van der Waals surface area contributed by atoms with Gasteiger partial charge in [-0.1, -0.05) is 278 Å². The lowest BCUT2D eigenvalue weighted by atomic mass is 10.0. The molecule has 0 rings (SSSR count). The molecule has 0 radical (unpaired) electrons. The first kappa shape index (κ1) is 69.1. The summed E-state index contributed by atoms with van der Waals surface area (Å²) in [6.45, 7) is 6.34. The van der Waals surface area contributed by atoms with E-state index in [1.54, 1.807) is 0 Å². The fourth-order valence-electron chi connectivity index (χ4n) is 8.31. The average Bonchev–Trinajstić information content (AvgIpc) is 3.39. The first-order valence-electron chi connectivity index (χ1n) is 30.4. The third-order valence-electron chi connectivity index (χ3n) is 12.8. The summed E-state index contributed by atoms with van der Waals surface area (Å²) in [6, 6.07) is 0. The van der Waals surface area contributed by atoms with E-state index in [9.17, 15) is 14.4 Å². The van der Waals surface area contributed by atoms with Crippen LogP contribution in [-0.2, 0) is 28.6 Å². The van der Waals surface area contributed by atoms with E-state index >= 15 is 0 Å². The van der Waals surface area contributed by atoms with E-state index in [1.807, 2.05) is 12.2 Å². The summed E-state index contributed by atoms with van der Waals surface area (Å²) in [5, 5.41) is 0. The Bertz CT molecular complexity index is 1490. The van der Waals surface area contributed by atoms with Gasteiger partial charge in [0.2, 0.25) is 0 Å². The molecule has 0 aliphatic carbocycles. The molecule has 73 heavy (non-hydrogen) atoms. The number of carbonyl (C=O) groups excluding carboxylic acids is 3. The van der Waals surface area contributed by atoms with E-state index in [1.165, 1.54) is 128 Å². The summed E-state index contributed by atoms with van der Waals surface area (Å²) in [6.07, 6.45) is 82.6. The molecule has 0 aromatic carbocycles. The summed E-state index contributed by atoms with van der Waals surface area (Å²) in [4.78, 5) is 38.2. The number of unbranched alkanes of at least 4 members (excludes halogenated alkanes) is 25. The van der Waals surface area contributed by atoms with E-state index in [0.717, 1.165) is 96.3 Å². The van der Waals surface area contributed by atoms with Crippen LogP contribution in [0.1, 0.15) is 278 Å². The second-order valence-electron chi connectivity index (χ2n) is 19.9. The molecule has 0 N–H and O–H groups in total. The zero-order valence-electron chi connectivity index (χ0n) is 47.6. The normalized spacial score (nSPS) is 12.9. The Kier molecular flexibility index (Phi) is 57.4. The largest absolute Gasteiger partial charge is 0.462 e. The minimum Gasteiger partial charge on any atom is -0.462 e. The van der Waals surface area contributed by atoms with Gasteiger partial charge in [-0.3, -0.25) is 14.4 Å². The smallest absolute Gasteiger partial charge is 0.306 e. The van der Waals surface area contributed by atoms with Crippen molar-refractivity contribution in [2.75, 3.05) is 13.2 Å². The summed E-state index contributed by atoms with van der Waals surface area (Å²) < 4.78 is 16.8. The van der Waals surface area contributed by atoms with Crippen molar-refractivity contribution in [1.82, 2.24) is 0 Å². The molecule has 0 saturated carbocycles. The van der Waals surface area contributed by atoms with Gasteiger partial charge in [0.1, 0.15) is 13.2 Å². The minimum atomic E-state index is -0.825. The van der Waals surface area contributed by atoms with Gasteiger partial charge in [-0.2, -0.15) is 0 Å². The Morgan fingerprint density at radius 1 is 0.288 bits per heavy atom. The summed E-state index contributed by atoms with van der Waals surface area (Å²) in [5.41, 5.74) is 0. The highest BCUT2D eigenvalue weighted by molar-refractivity contribution is 5.71. The summed E-state index contributed by atoms with van der Waals surface area (Å²) in [5.74, 6) is -1.03. The van der Waals surface area contributed by atoms with E-state index in [0.29, 0.717) is 19.3 Å². The van der Waals surface area contributed by atoms with Crippen LogP contribution in [0.3, 0.4) is 0 Å². The summed E-state index contributed by atoms with van der Waals surface area (Å²) >= 11 is 0. The molecule has 0 heterocycles. The van der Waals surface area contributed by atoms with Gasteiger partial charge in [0, 0.05) is 19.3 Å². The van der Waals surface area contributed by atoms with Gasteiger partial charge >= 0.3 is 17.9 Å². The van der Waals surface area contributed by atoms with E-state index < -0.39 is 6.10 Å². The van der Waals surface area contributed by atoms with Crippen LogP contribution in [0.25, 0.3) is 0 Å². The number of allylic oxidation sites excluding steroid dienone is 18. The van der Waals surface area contributed by atoms with Crippen LogP contribution in [-0.4, -0.2) is 37.2 Å². The molecule has 416 valence electrons. The lowest BCUT2D eigenvalue weighted by molar-refractivity contribution is -0.166. The standard InChI is InChI=1S/C67H112O6/c1-4-7-10-13-16-19-22-25-27-29-31-32-33-34-36-37-39-42-45-48-51-54-57-60-66(69)72-63-64(62-71-65(68)59-56-53-50-47-44-41-24-21-18-15-12-9-6-3)73-67(70)61-58-55-52-49-46-43-40-38-35-30-28-26-23-20-17-14-11-8-5-2/h8-9,11-12,17-18,20-21,26,28,35,38,41,43-44,46,50,53,64H,4-7,10,13-16,19,22-25,27,29-34,36-37,39-40,42,45,47-49,51-52,54-63H2,1-3H3/b11-8-,12-9-,20-17-,21-18-,28-26-,38-35-,44-41-,46-43-,53-50-. The van der Waals surface area contributed by atoms with Gasteiger partial charge in [0.15, 0.2) is 6.10 Å². The number of esters is 3. The Morgan fingerprint density at radius 3 is 0.918 bits per heavy atom. The predicted molar refractivity (Wildman–Crippen MR) is 316 cm³/mol. The quantitative estimate of drug-likeness (QED) is 0.0261. The van der Waals surface area contributed by atoms with Crippen molar-refractivity contribution in [2.24, 2.45) is 0 Å². The molecule has 0 fully saturated rings. The van der Waals surface area contributed by atoms with Gasteiger partial charge in [-0.25, -0.2) is 0 Å². The van der Waals surface area contributed by atoms with Crippen LogP contribution in [0.5, 0.6) is 0 Å². The fourth-order valence-corrected chi connectivity index (χ4v) is 8.31. The molecule has 0 aromatic heterocycles. The van der Waals surface area contributed by atoms with Gasteiger partial charge < -0.3 is 14.2 Å². The Balaban J connectivity index is 4.41. The molecule has 0 bridgehead atoms. The SMILES string of the molecule is CC/C=C\C/C=C\C/C=C\C/C=C\C/C=C\CCCCCC(=O)OC(COC(=O)CC/C=C\C/C=C\C/C=C\C/C=C\CC)COC(=O)CCCCCCCCCCCCCCCCCCCCCCCCC. The number of hydrogen-bond donors (Lipinski definition) is 0. The van der Waals surface area contributed by atoms with Crippen molar-refractivity contribution in [3.05, 3.63) is 109 Å². The zero-order chi connectivity index (χ0) is 52.9. The van der Waals surface area contributed by atoms with Crippen molar-refractivity contribution < 1.29 is 28.6 Å². The highest BCUT2D eigenvalue weighted by Gasteiger charge is 2.19. The maximum atomic E-state index is 12.9. The van der Waals surface area contributed by atoms with Gasteiger partial charge in [-0.05, 0) is 89.9 Å². The van der Waals surface area contributed by atoms with Crippen molar-refractivity contribution in [1.29, 1.82) is 0 Å². The third-order valence-corrected chi connectivity index (χ3v) is 12.8. The first-order chi connectivity index (χ1) is 36.0. The molecular formula is C67H112O6. The minimum absolute atomic E-state index is 0.113. The van der Waals surface area contributed by atoms with Crippen molar-refractivity contribution in [3.8, 4) is 0 Å². The third kappa shape index (κ3) is 58.8. The molecule has 0 saturated heterocycles. The van der Waals surface area contributed by atoms with Crippen molar-refractivity contribution in [2.45, 2.75) is 284 Å². The second kappa shape index (κ2) is 60.6. The van der Waals surface area contributed by atoms with Crippen LogP contribution in [0.4, 0.5) is 0 Å². The number of rotatable bonds is 54. The fraction of sp³-hybridized carbons (Fsp3) is 0.687. The Labute approximate surface area is 450 Å². The monoisotopic (exact) mass is 1010 g/mol. The Hall–Kier alpha value is -3.93. The molecule has 6 nitrogen and oxygen atoms in total. The van der Waals surface area contributed by atoms with Crippen LogP contribution >= 0.6 is 0 Å². The molecule has 0 aliphatic heterocycles. The van der Waals surface area contributed by atoms with Crippen LogP contribution in [0, 0.1) is 0 Å². The van der Waals surface area contributed by atoms with E-state index in [2.05, 4.69) is 118 Å². The molecule has 6 heteroatoms. The van der Waals surface area contributed by atoms with Gasteiger partial charge in [-0.15, -0.1) is 0 Å². The number of hydrogen-bond acceptors (Lipinski definition) is 6. The molecule has 0 spiro atoms. The highest BCUT2D eigenvalue weighted by Crippen LogP contribution is 2.16. The number of ether oxygens (including phenoxy) is 3. The van der Waals surface area contributed by atoms with Crippen LogP contribution < -0.4 is 0 Å². The lowest BCUT2D eigenvalue weighted by Gasteiger charge is -2.18. The Morgan fingerprint density at radius 2 is 0.562 bits per heavy atom. The van der Waals surface area contributed by atoms with Crippen LogP contribution in [0.2, 0.25) is 0 Å². The zero-order valence-corrected chi connectivity index (χ0v) is 47.6. The highest BCUT2D eigenvalue weighted by atomic mass is 16.6. The van der Waals surface area contributed by atoms with Crippen molar-refractivity contribution >= 4 is 17.9 Å². The molecule has 1 unspecified atom stereocenters. The molecule has 1 atom stereocenters. The lowest BCUT2D eigenvalue weighted by Crippen LogP contribution is -2.30. The molecular weight excluding hydrogens is 901 g/mol.